The summed E-state index contributed by atoms with van der Waals surface area (Å²) in [6, 6.07) is 17.2. The van der Waals surface area contributed by atoms with Crippen molar-refractivity contribution >= 4 is 45.0 Å². The predicted octanol–water partition coefficient (Wildman–Crippen LogP) is 4.74. The third-order valence-corrected chi connectivity index (χ3v) is 5.77. The highest BCUT2D eigenvalue weighted by Gasteiger charge is 2.35. The Labute approximate surface area is 191 Å². The number of hydrogen-bond donors (Lipinski definition) is 2. The number of amides is 2. The fourth-order valence-electron chi connectivity index (χ4n) is 3.48. The molecule has 2 aliphatic rings. The van der Waals surface area contributed by atoms with Crippen LogP contribution in [-0.4, -0.2) is 23.6 Å². The van der Waals surface area contributed by atoms with Gasteiger partial charge in [-0.3, -0.25) is 15.0 Å². The van der Waals surface area contributed by atoms with Gasteiger partial charge in [-0.05, 0) is 54.6 Å². The number of anilines is 1. The van der Waals surface area contributed by atoms with Crippen LogP contribution in [0.1, 0.15) is 32.4 Å². The van der Waals surface area contributed by atoms with Crippen LogP contribution in [0.25, 0.3) is 0 Å². The number of nitrogens with zero attached hydrogens (tertiary/aromatic N) is 1. The van der Waals surface area contributed by atoms with E-state index in [-0.39, 0.29) is 12.7 Å². The summed E-state index contributed by atoms with van der Waals surface area (Å²) in [4.78, 5) is 26.3. The molecular formula is C22H15BrClN3O4. The summed E-state index contributed by atoms with van der Waals surface area (Å²) in [7, 11) is 0. The summed E-state index contributed by atoms with van der Waals surface area (Å²) in [5.74, 6) is 0.431. The zero-order valence-electron chi connectivity index (χ0n) is 15.9. The van der Waals surface area contributed by atoms with E-state index in [0.29, 0.717) is 33.3 Å². The standard InChI is InChI=1S/C22H15BrClN3O4/c23-14-4-7-17-16(10-14)22(29)27(26-21(28)12-1-5-15(24)6-2-12)20(25-17)13-3-8-18-19(9-13)31-11-30-18/h1-10,20,25H,11H2,(H,26,28). The summed E-state index contributed by atoms with van der Waals surface area (Å²) in [6.07, 6.45) is -0.660. The van der Waals surface area contributed by atoms with Gasteiger partial charge >= 0.3 is 0 Å². The molecule has 0 spiro atoms. The molecule has 2 aliphatic heterocycles. The quantitative estimate of drug-likeness (QED) is 0.543. The molecule has 0 saturated carbocycles. The summed E-state index contributed by atoms with van der Waals surface area (Å²) in [6.45, 7) is 0.143. The molecule has 0 fully saturated rings. The molecule has 3 aromatic rings. The zero-order chi connectivity index (χ0) is 21.5. The van der Waals surface area contributed by atoms with Gasteiger partial charge in [-0.25, -0.2) is 5.01 Å². The van der Waals surface area contributed by atoms with Crippen LogP contribution in [-0.2, 0) is 0 Å². The number of ether oxygens (including phenoxy) is 2. The van der Waals surface area contributed by atoms with E-state index in [1.807, 2.05) is 18.2 Å². The van der Waals surface area contributed by atoms with Gasteiger partial charge in [0.25, 0.3) is 11.8 Å². The molecule has 1 atom stereocenters. The van der Waals surface area contributed by atoms with Gasteiger partial charge in [-0.15, -0.1) is 0 Å². The normalized spacial score (nSPS) is 16.5. The maximum Gasteiger partial charge on any atom is 0.276 e. The fraction of sp³-hybridized carbons (Fsp3) is 0.0909. The molecule has 0 bridgehead atoms. The minimum absolute atomic E-state index is 0.143. The Balaban J connectivity index is 1.53. The van der Waals surface area contributed by atoms with Crippen LogP contribution in [0.3, 0.4) is 0 Å². The first-order chi connectivity index (χ1) is 15.0. The highest BCUT2D eigenvalue weighted by molar-refractivity contribution is 9.10. The van der Waals surface area contributed by atoms with Gasteiger partial charge in [0, 0.05) is 26.3 Å². The largest absolute Gasteiger partial charge is 0.454 e. The van der Waals surface area contributed by atoms with Crippen molar-refractivity contribution in [2.24, 2.45) is 0 Å². The van der Waals surface area contributed by atoms with E-state index in [2.05, 4.69) is 26.7 Å². The first-order valence-electron chi connectivity index (χ1n) is 9.35. The molecule has 7 nitrogen and oxygen atoms in total. The smallest absolute Gasteiger partial charge is 0.276 e. The van der Waals surface area contributed by atoms with Crippen LogP contribution >= 0.6 is 27.5 Å². The lowest BCUT2D eigenvalue weighted by molar-refractivity contribution is 0.0490. The average Bonchev–Trinajstić information content (AvgIpc) is 3.24. The molecule has 2 amide bonds. The number of carbonyl (C=O) groups excluding carboxylic acids is 2. The molecule has 5 rings (SSSR count). The molecule has 156 valence electrons. The lowest BCUT2D eigenvalue weighted by Gasteiger charge is -2.37. The number of halogens is 2. The summed E-state index contributed by atoms with van der Waals surface area (Å²) in [5, 5.41) is 5.13. The van der Waals surface area contributed by atoms with Crippen molar-refractivity contribution in [1.82, 2.24) is 10.4 Å². The zero-order valence-corrected chi connectivity index (χ0v) is 18.2. The molecule has 0 radical (unpaired) electrons. The Kier molecular flexibility index (Phi) is 4.95. The van der Waals surface area contributed by atoms with Crippen LogP contribution < -0.4 is 20.2 Å². The van der Waals surface area contributed by atoms with Crippen molar-refractivity contribution in [2.45, 2.75) is 6.17 Å². The molecule has 2 N–H and O–H groups in total. The van der Waals surface area contributed by atoms with E-state index >= 15 is 0 Å². The number of carbonyl (C=O) groups is 2. The number of hydrazine groups is 1. The molecule has 9 heteroatoms. The SMILES string of the molecule is O=C(NN1C(=O)c2cc(Br)ccc2NC1c1ccc2c(c1)OCO2)c1ccc(Cl)cc1. The third kappa shape index (κ3) is 3.68. The minimum atomic E-state index is -0.660. The summed E-state index contributed by atoms with van der Waals surface area (Å²) in [5.41, 5.74) is 4.93. The van der Waals surface area contributed by atoms with Gasteiger partial charge in [0.15, 0.2) is 11.5 Å². The minimum Gasteiger partial charge on any atom is -0.454 e. The van der Waals surface area contributed by atoms with E-state index in [4.69, 9.17) is 21.1 Å². The number of benzene rings is 3. The van der Waals surface area contributed by atoms with Crippen molar-refractivity contribution in [3.63, 3.8) is 0 Å². The molecule has 31 heavy (non-hydrogen) atoms. The summed E-state index contributed by atoms with van der Waals surface area (Å²) < 4.78 is 11.6. The second-order valence-corrected chi connectivity index (χ2v) is 8.32. The van der Waals surface area contributed by atoms with Crippen molar-refractivity contribution < 1.29 is 19.1 Å². The van der Waals surface area contributed by atoms with E-state index in [0.717, 1.165) is 10.0 Å². The van der Waals surface area contributed by atoms with Gasteiger partial charge < -0.3 is 14.8 Å². The maximum atomic E-state index is 13.4. The first kappa shape index (κ1) is 19.7. The van der Waals surface area contributed by atoms with Crippen molar-refractivity contribution in [1.29, 1.82) is 0 Å². The van der Waals surface area contributed by atoms with E-state index in [1.165, 1.54) is 5.01 Å². The number of nitrogens with one attached hydrogen (secondary N) is 2. The Hall–Kier alpha value is -3.23. The molecular weight excluding hydrogens is 486 g/mol. The Morgan fingerprint density at radius 2 is 1.84 bits per heavy atom. The van der Waals surface area contributed by atoms with Gasteiger partial charge in [0.2, 0.25) is 6.79 Å². The first-order valence-corrected chi connectivity index (χ1v) is 10.5. The second kappa shape index (κ2) is 7.79. The van der Waals surface area contributed by atoms with Gasteiger partial charge in [0.1, 0.15) is 6.17 Å². The van der Waals surface area contributed by atoms with Crippen LogP contribution in [0.4, 0.5) is 5.69 Å². The number of fused-ring (bicyclic) bond motifs is 2. The van der Waals surface area contributed by atoms with Gasteiger partial charge in [0.05, 0.1) is 5.56 Å². The molecule has 0 saturated heterocycles. The van der Waals surface area contributed by atoms with Crippen LogP contribution in [0.2, 0.25) is 5.02 Å². The van der Waals surface area contributed by atoms with Gasteiger partial charge in [-0.1, -0.05) is 33.6 Å². The van der Waals surface area contributed by atoms with Crippen molar-refractivity contribution in [3.05, 3.63) is 86.8 Å². The molecule has 3 aromatic carbocycles. The van der Waals surface area contributed by atoms with Crippen LogP contribution in [0, 0.1) is 0 Å². The molecule has 0 aromatic heterocycles. The topological polar surface area (TPSA) is 79.9 Å². The molecule has 2 heterocycles. The van der Waals surface area contributed by atoms with E-state index < -0.39 is 12.1 Å². The highest BCUT2D eigenvalue weighted by atomic mass is 79.9. The second-order valence-electron chi connectivity index (χ2n) is 6.97. The Bertz CT molecular complexity index is 1200. The van der Waals surface area contributed by atoms with Crippen LogP contribution in [0.15, 0.2) is 65.1 Å². The monoisotopic (exact) mass is 499 g/mol. The Morgan fingerprint density at radius 1 is 1.06 bits per heavy atom. The maximum absolute atomic E-state index is 13.4. The fourth-order valence-corrected chi connectivity index (χ4v) is 3.97. The third-order valence-electron chi connectivity index (χ3n) is 5.02. The van der Waals surface area contributed by atoms with E-state index in [9.17, 15) is 9.59 Å². The van der Waals surface area contributed by atoms with Crippen molar-refractivity contribution in [3.8, 4) is 11.5 Å². The lowest BCUT2D eigenvalue weighted by atomic mass is 10.0. The highest BCUT2D eigenvalue weighted by Crippen LogP contribution is 2.38. The van der Waals surface area contributed by atoms with Crippen LogP contribution in [0.5, 0.6) is 11.5 Å². The average molecular weight is 501 g/mol. The summed E-state index contributed by atoms with van der Waals surface area (Å²) >= 11 is 9.32. The molecule has 1 unspecified atom stereocenters. The lowest BCUT2D eigenvalue weighted by Crippen LogP contribution is -2.52. The number of rotatable bonds is 3. The number of hydrogen-bond acceptors (Lipinski definition) is 5. The predicted molar refractivity (Wildman–Crippen MR) is 118 cm³/mol. The van der Waals surface area contributed by atoms with Crippen molar-refractivity contribution in [2.75, 3.05) is 12.1 Å². The molecule has 0 aliphatic carbocycles. The van der Waals surface area contributed by atoms with Gasteiger partial charge in [-0.2, -0.15) is 0 Å². The van der Waals surface area contributed by atoms with E-state index in [1.54, 1.807) is 42.5 Å². The Morgan fingerprint density at radius 3 is 2.65 bits per heavy atom.